The molecule has 0 saturated heterocycles. The number of hydrogen-bond donors (Lipinski definition) is 1. The average Bonchev–Trinajstić information content (AvgIpc) is 3.02. The summed E-state index contributed by atoms with van der Waals surface area (Å²) < 4.78 is 15.3. The molecule has 4 aromatic rings. The average molecular weight is 337 g/mol. The fourth-order valence-corrected chi connectivity index (χ4v) is 3.37. The van der Waals surface area contributed by atoms with Crippen LogP contribution in [0, 0.1) is 17.1 Å². The topological polar surface area (TPSA) is 97.1 Å². The summed E-state index contributed by atoms with van der Waals surface area (Å²) >= 11 is 1.28. The van der Waals surface area contributed by atoms with Crippen molar-refractivity contribution in [1.82, 2.24) is 14.4 Å². The molecule has 0 aliphatic rings. The Morgan fingerprint density at radius 1 is 1.33 bits per heavy atom. The second-order valence-electron chi connectivity index (χ2n) is 5.04. The maximum atomic E-state index is 13.7. The van der Waals surface area contributed by atoms with Gasteiger partial charge in [0.05, 0.1) is 5.39 Å². The molecule has 1 aromatic carbocycles. The smallest absolute Gasteiger partial charge is 0.284 e. The SMILES string of the molecule is N#Cc1c(N)nc2c(c1-c1cccc(F)c1)c(=O)nc1sccn12. The van der Waals surface area contributed by atoms with E-state index < -0.39 is 11.4 Å². The zero-order valence-electron chi connectivity index (χ0n) is 12.0. The van der Waals surface area contributed by atoms with Crippen LogP contribution in [0.5, 0.6) is 0 Å². The summed E-state index contributed by atoms with van der Waals surface area (Å²) in [7, 11) is 0. The van der Waals surface area contributed by atoms with Gasteiger partial charge in [0.2, 0.25) is 0 Å². The number of pyridine rings is 1. The van der Waals surface area contributed by atoms with Crippen molar-refractivity contribution >= 4 is 33.1 Å². The Bertz CT molecular complexity index is 1220. The molecule has 116 valence electrons. The van der Waals surface area contributed by atoms with Gasteiger partial charge in [-0.15, -0.1) is 11.3 Å². The lowest BCUT2D eigenvalue weighted by atomic mass is 9.98. The number of aromatic nitrogens is 3. The first kappa shape index (κ1) is 14.3. The van der Waals surface area contributed by atoms with Crippen LogP contribution >= 0.6 is 11.3 Å². The van der Waals surface area contributed by atoms with E-state index in [0.717, 1.165) is 0 Å². The molecule has 3 aromatic heterocycles. The molecule has 8 heteroatoms. The molecule has 3 heterocycles. The molecular formula is C16H8FN5OS. The van der Waals surface area contributed by atoms with Gasteiger partial charge in [-0.3, -0.25) is 9.20 Å². The Balaban J connectivity index is 2.30. The van der Waals surface area contributed by atoms with Crippen LogP contribution in [0.3, 0.4) is 0 Å². The number of nitrogens with two attached hydrogens (primary N) is 1. The Kier molecular flexibility index (Phi) is 3.04. The summed E-state index contributed by atoms with van der Waals surface area (Å²) in [5.41, 5.74) is 6.34. The van der Waals surface area contributed by atoms with E-state index >= 15 is 0 Å². The molecule has 6 nitrogen and oxygen atoms in total. The Morgan fingerprint density at radius 3 is 2.92 bits per heavy atom. The van der Waals surface area contributed by atoms with E-state index in [2.05, 4.69) is 9.97 Å². The maximum absolute atomic E-state index is 13.7. The quantitative estimate of drug-likeness (QED) is 0.576. The summed E-state index contributed by atoms with van der Waals surface area (Å²) in [6, 6.07) is 7.60. The van der Waals surface area contributed by atoms with E-state index in [1.54, 1.807) is 22.0 Å². The van der Waals surface area contributed by atoms with Crippen molar-refractivity contribution < 1.29 is 4.39 Å². The molecule has 0 saturated carbocycles. The van der Waals surface area contributed by atoms with Gasteiger partial charge < -0.3 is 5.73 Å². The Hall–Kier alpha value is -3.31. The first-order valence-corrected chi connectivity index (χ1v) is 7.73. The summed E-state index contributed by atoms with van der Waals surface area (Å²) in [5, 5.41) is 11.4. The molecule has 2 N–H and O–H groups in total. The van der Waals surface area contributed by atoms with Crippen molar-refractivity contribution in [3.63, 3.8) is 0 Å². The van der Waals surface area contributed by atoms with Crippen molar-refractivity contribution in [2.75, 3.05) is 5.73 Å². The number of anilines is 1. The van der Waals surface area contributed by atoms with Crippen LogP contribution in [0.1, 0.15) is 5.56 Å². The fraction of sp³-hybridized carbons (Fsp3) is 0. The second kappa shape index (κ2) is 5.11. The van der Waals surface area contributed by atoms with Gasteiger partial charge >= 0.3 is 0 Å². The number of nitrogens with zero attached hydrogens (tertiary/aromatic N) is 4. The van der Waals surface area contributed by atoms with Crippen LogP contribution in [-0.4, -0.2) is 14.4 Å². The standard InChI is InChI=1S/C16H8FN5OS/c17-9-3-1-2-8(6-9)11-10(7-18)13(19)20-14-12(11)15(23)21-16-22(14)4-5-24-16/h1-6H,(H2,19,20). The number of benzene rings is 1. The first-order valence-electron chi connectivity index (χ1n) is 6.85. The molecule has 0 amide bonds. The second-order valence-corrected chi connectivity index (χ2v) is 5.91. The van der Waals surface area contributed by atoms with Crippen LogP contribution in [0.15, 0.2) is 40.6 Å². The van der Waals surface area contributed by atoms with Crippen molar-refractivity contribution in [1.29, 1.82) is 5.26 Å². The molecule has 0 aliphatic carbocycles. The summed E-state index contributed by atoms with van der Waals surface area (Å²) in [6.07, 6.45) is 1.71. The zero-order chi connectivity index (χ0) is 16.8. The predicted molar refractivity (Wildman–Crippen MR) is 89.2 cm³/mol. The van der Waals surface area contributed by atoms with Gasteiger partial charge in [0.15, 0.2) is 10.6 Å². The predicted octanol–water partition coefficient (Wildman–Crippen LogP) is 2.56. The highest BCUT2D eigenvalue weighted by Crippen LogP contribution is 2.32. The number of thiazole rings is 1. The lowest BCUT2D eigenvalue weighted by molar-refractivity contribution is 0.628. The largest absolute Gasteiger partial charge is 0.383 e. The van der Waals surface area contributed by atoms with E-state index in [1.807, 2.05) is 6.07 Å². The molecule has 0 unspecified atom stereocenters. The van der Waals surface area contributed by atoms with E-state index in [9.17, 15) is 14.4 Å². The van der Waals surface area contributed by atoms with E-state index in [1.165, 1.54) is 29.5 Å². The van der Waals surface area contributed by atoms with Gasteiger partial charge in [-0.25, -0.2) is 9.37 Å². The molecule has 0 radical (unpaired) electrons. The number of nitriles is 1. The fourth-order valence-electron chi connectivity index (χ4n) is 2.67. The third-order valence-corrected chi connectivity index (χ3v) is 4.42. The minimum absolute atomic E-state index is 0.0186. The highest BCUT2D eigenvalue weighted by Gasteiger charge is 2.20. The molecule has 0 aliphatic heterocycles. The van der Waals surface area contributed by atoms with Gasteiger partial charge in [-0.2, -0.15) is 10.2 Å². The lowest BCUT2D eigenvalue weighted by Crippen LogP contribution is -2.13. The highest BCUT2D eigenvalue weighted by atomic mass is 32.1. The molecule has 24 heavy (non-hydrogen) atoms. The van der Waals surface area contributed by atoms with Crippen LogP contribution in [0.4, 0.5) is 10.2 Å². The van der Waals surface area contributed by atoms with E-state index in [0.29, 0.717) is 16.2 Å². The first-order chi connectivity index (χ1) is 11.6. The van der Waals surface area contributed by atoms with E-state index in [-0.39, 0.29) is 22.3 Å². The van der Waals surface area contributed by atoms with Crippen LogP contribution in [-0.2, 0) is 0 Å². The third kappa shape index (κ3) is 1.96. The number of nitrogen functional groups attached to an aromatic ring is 1. The van der Waals surface area contributed by atoms with Crippen LogP contribution in [0.2, 0.25) is 0 Å². The number of halogens is 1. The normalized spacial score (nSPS) is 11.0. The van der Waals surface area contributed by atoms with Crippen molar-refractivity contribution in [3.05, 3.63) is 57.6 Å². The summed E-state index contributed by atoms with van der Waals surface area (Å²) in [5.74, 6) is -0.501. The highest BCUT2D eigenvalue weighted by molar-refractivity contribution is 7.15. The Morgan fingerprint density at radius 2 is 2.17 bits per heavy atom. The van der Waals surface area contributed by atoms with Crippen molar-refractivity contribution in [3.8, 4) is 17.2 Å². The van der Waals surface area contributed by atoms with Crippen molar-refractivity contribution in [2.45, 2.75) is 0 Å². The summed E-state index contributed by atoms with van der Waals surface area (Å²) in [6.45, 7) is 0. The minimum Gasteiger partial charge on any atom is -0.383 e. The van der Waals surface area contributed by atoms with Crippen molar-refractivity contribution in [2.24, 2.45) is 0 Å². The molecule has 0 spiro atoms. The monoisotopic (exact) mass is 337 g/mol. The van der Waals surface area contributed by atoms with Gasteiger partial charge in [0.25, 0.3) is 5.56 Å². The number of hydrogen-bond acceptors (Lipinski definition) is 6. The van der Waals surface area contributed by atoms with Gasteiger partial charge in [0.1, 0.15) is 23.3 Å². The Labute approximate surface area is 138 Å². The van der Waals surface area contributed by atoms with E-state index in [4.69, 9.17) is 5.73 Å². The maximum Gasteiger partial charge on any atom is 0.284 e. The van der Waals surface area contributed by atoms with Crippen LogP contribution < -0.4 is 11.3 Å². The zero-order valence-corrected chi connectivity index (χ0v) is 12.8. The van der Waals surface area contributed by atoms with Gasteiger partial charge in [-0.05, 0) is 17.7 Å². The van der Waals surface area contributed by atoms with Crippen LogP contribution in [0.25, 0.3) is 27.1 Å². The summed E-state index contributed by atoms with van der Waals surface area (Å²) in [4.78, 5) is 21.2. The lowest BCUT2D eigenvalue weighted by Gasteiger charge is -2.11. The van der Waals surface area contributed by atoms with Gasteiger partial charge in [0, 0.05) is 17.1 Å². The number of rotatable bonds is 1. The molecule has 4 rings (SSSR count). The van der Waals surface area contributed by atoms with Gasteiger partial charge in [-0.1, -0.05) is 12.1 Å². The molecule has 0 bridgehead atoms. The minimum atomic E-state index is -0.532. The number of fused-ring (bicyclic) bond motifs is 3. The molecule has 0 atom stereocenters. The molecule has 0 fully saturated rings. The third-order valence-electron chi connectivity index (χ3n) is 3.66. The molecular weight excluding hydrogens is 329 g/mol.